The minimum atomic E-state index is -0.384. The van der Waals surface area contributed by atoms with Crippen molar-refractivity contribution in [1.29, 1.82) is 0 Å². The second-order valence-corrected chi connectivity index (χ2v) is 7.27. The van der Waals surface area contributed by atoms with Crippen LogP contribution in [0, 0.1) is 0 Å². The van der Waals surface area contributed by atoms with Crippen LogP contribution < -0.4 is 10.9 Å². The van der Waals surface area contributed by atoms with E-state index in [1.807, 2.05) is 18.2 Å². The quantitative estimate of drug-likeness (QED) is 0.461. The molecule has 0 radical (unpaired) electrons. The summed E-state index contributed by atoms with van der Waals surface area (Å²) < 4.78 is 6.44. The molecule has 2 heterocycles. The van der Waals surface area contributed by atoms with Crippen molar-refractivity contribution >= 4 is 28.6 Å². The number of hydrogen-bond donors (Lipinski definition) is 1. The monoisotopic (exact) mass is 422 g/mol. The summed E-state index contributed by atoms with van der Waals surface area (Å²) >= 11 is 5.93. The highest BCUT2D eigenvalue weighted by Gasteiger charge is 2.17. The Hall–Kier alpha value is -3.45. The molecule has 4 rings (SSSR count). The van der Waals surface area contributed by atoms with Crippen LogP contribution >= 0.6 is 11.6 Å². The summed E-state index contributed by atoms with van der Waals surface area (Å²) in [4.78, 5) is 29.3. The van der Waals surface area contributed by atoms with Crippen molar-refractivity contribution < 1.29 is 9.32 Å². The predicted molar refractivity (Wildman–Crippen MR) is 114 cm³/mol. The Bertz CT molecular complexity index is 1220. The first-order valence-corrected chi connectivity index (χ1v) is 9.91. The summed E-state index contributed by atoms with van der Waals surface area (Å²) in [7, 11) is 0. The van der Waals surface area contributed by atoms with Crippen LogP contribution in [-0.4, -0.2) is 27.2 Å². The van der Waals surface area contributed by atoms with Crippen LogP contribution in [0.15, 0.2) is 70.2 Å². The Morgan fingerprint density at radius 1 is 1.10 bits per heavy atom. The van der Waals surface area contributed by atoms with Crippen LogP contribution in [0.3, 0.4) is 0 Å². The second-order valence-electron chi connectivity index (χ2n) is 6.83. The average molecular weight is 423 g/mol. The number of fused-ring (bicyclic) bond motifs is 1. The lowest BCUT2D eigenvalue weighted by molar-refractivity contribution is -0.121. The van der Waals surface area contributed by atoms with E-state index in [1.54, 1.807) is 24.3 Å². The maximum absolute atomic E-state index is 12.9. The van der Waals surface area contributed by atoms with E-state index in [1.165, 1.54) is 16.5 Å². The van der Waals surface area contributed by atoms with Crippen LogP contribution in [-0.2, 0) is 17.8 Å². The van der Waals surface area contributed by atoms with Gasteiger partial charge >= 0.3 is 0 Å². The molecule has 0 saturated heterocycles. The third-order valence-corrected chi connectivity index (χ3v) is 4.95. The van der Waals surface area contributed by atoms with E-state index in [4.69, 9.17) is 16.1 Å². The third kappa shape index (κ3) is 4.41. The number of carbonyl (C=O) groups excluding carboxylic acids is 1. The summed E-state index contributed by atoms with van der Waals surface area (Å²) in [6.45, 7) is 0.403. The maximum Gasteiger partial charge on any atom is 0.267 e. The molecule has 2 aromatic heterocycles. The number of nitrogens with one attached hydrogen (secondary N) is 1. The number of aryl methyl sites for hydroxylation is 1. The first kappa shape index (κ1) is 19.8. The molecule has 1 amide bonds. The highest BCUT2D eigenvalue weighted by atomic mass is 35.5. The van der Waals surface area contributed by atoms with Gasteiger partial charge in [0, 0.05) is 17.1 Å². The summed E-state index contributed by atoms with van der Waals surface area (Å²) in [6, 6.07) is 17.0. The Kier molecular flexibility index (Phi) is 5.90. The van der Waals surface area contributed by atoms with Crippen molar-refractivity contribution in [2.24, 2.45) is 0 Å². The van der Waals surface area contributed by atoms with E-state index in [-0.39, 0.29) is 29.1 Å². The maximum atomic E-state index is 12.9. The Morgan fingerprint density at radius 2 is 1.87 bits per heavy atom. The fraction of sp³-hybridized carbons (Fsp3) is 0.182. The molecule has 0 aliphatic carbocycles. The van der Waals surface area contributed by atoms with E-state index in [0.29, 0.717) is 22.8 Å². The minimum absolute atomic E-state index is 0.127. The molecule has 7 nitrogen and oxygen atoms in total. The number of rotatable bonds is 7. The number of aromatic nitrogens is 3. The zero-order valence-corrected chi connectivity index (χ0v) is 16.8. The number of carbonyl (C=O) groups is 1. The molecule has 0 unspecified atom stereocenters. The highest BCUT2D eigenvalue weighted by Crippen LogP contribution is 2.25. The van der Waals surface area contributed by atoms with Gasteiger partial charge in [0.15, 0.2) is 0 Å². The van der Waals surface area contributed by atoms with Crippen molar-refractivity contribution in [2.45, 2.75) is 19.4 Å². The van der Waals surface area contributed by atoms with E-state index in [9.17, 15) is 9.59 Å². The fourth-order valence-electron chi connectivity index (χ4n) is 3.17. The zero-order valence-electron chi connectivity index (χ0n) is 16.0. The van der Waals surface area contributed by atoms with E-state index in [0.717, 1.165) is 12.8 Å². The summed E-state index contributed by atoms with van der Waals surface area (Å²) in [5.74, 6) is -0.254. The molecule has 0 spiro atoms. The van der Waals surface area contributed by atoms with Gasteiger partial charge in [-0.05, 0) is 30.5 Å². The van der Waals surface area contributed by atoms with Gasteiger partial charge in [-0.2, -0.15) is 0 Å². The molecule has 2 aromatic carbocycles. The largest absolute Gasteiger partial charge is 0.355 e. The van der Waals surface area contributed by atoms with Crippen molar-refractivity contribution in [3.05, 3.63) is 81.9 Å². The molecule has 30 heavy (non-hydrogen) atoms. The van der Waals surface area contributed by atoms with E-state index < -0.39 is 0 Å². The molecule has 0 saturated carbocycles. The Labute approximate surface area is 177 Å². The SMILES string of the molecule is O=C(Cn1cnc2onc(-c3ccc(Cl)cc3)c2c1=O)NCCCc1ccccc1. The van der Waals surface area contributed by atoms with Gasteiger partial charge in [-0.3, -0.25) is 14.2 Å². The van der Waals surface area contributed by atoms with E-state index in [2.05, 4.69) is 27.6 Å². The fourth-order valence-corrected chi connectivity index (χ4v) is 3.30. The number of nitrogens with zero attached hydrogens (tertiary/aromatic N) is 3. The number of hydrogen-bond acceptors (Lipinski definition) is 5. The zero-order chi connectivity index (χ0) is 20.9. The molecule has 152 valence electrons. The smallest absolute Gasteiger partial charge is 0.267 e. The van der Waals surface area contributed by atoms with Gasteiger partial charge in [0.1, 0.15) is 24.0 Å². The second kappa shape index (κ2) is 8.92. The first-order chi connectivity index (χ1) is 14.6. The molecule has 0 aliphatic heterocycles. The number of benzene rings is 2. The molecule has 4 aromatic rings. The Morgan fingerprint density at radius 3 is 2.63 bits per heavy atom. The van der Waals surface area contributed by atoms with Crippen molar-refractivity contribution in [3.8, 4) is 11.3 Å². The van der Waals surface area contributed by atoms with Crippen LogP contribution in [0.5, 0.6) is 0 Å². The van der Waals surface area contributed by atoms with Crippen LogP contribution in [0.25, 0.3) is 22.4 Å². The Balaban J connectivity index is 1.44. The standard InChI is InChI=1S/C22H19ClN4O3/c23-17-10-8-16(9-11-17)20-19-21(30-26-20)25-14-27(22(19)29)13-18(28)24-12-4-7-15-5-2-1-3-6-15/h1-3,5-6,8-11,14H,4,7,12-13H2,(H,24,28). The topological polar surface area (TPSA) is 90.0 Å². The minimum Gasteiger partial charge on any atom is -0.355 e. The molecular weight excluding hydrogens is 404 g/mol. The van der Waals surface area contributed by atoms with Crippen LogP contribution in [0.4, 0.5) is 0 Å². The number of amides is 1. The molecule has 0 fully saturated rings. The van der Waals surface area contributed by atoms with Gasteiger partial charge in [0.25, 0.3) is 11.3 Å². The molecular formula is C22H19ClN4O3. The molecule has 0 atom stereocenters. The summed E-state index contributed by atoms with van der Waals surface area (Å²) in [6.07, 6.45) is 2.99. The predicted octanol–water partition coefficient (Wildman–Crippen LogP) is 3.45. The van der Waals surface area contributed by atoms with Gasteiger partial charge in [-0.25, -0.2) is 4.98 Å². The van der Waals surface area contributed by atoms with Gasteiger partial charge in [0.2, 0.25) is 5.91 Å². The van der Waals surface area contributed by atoms with E-state index >= 15 is 0 Å². The molecule has 8 heteroatoms. The van der Waals surface area contributed by atoms with Gasteiger partial charge in [0.05, 0.1) is 0 Å². The van der Waals surface area contributed by atoms with Gasteiger partial charge in [-0.1, -0.05) is 59.2 Å². The third-order valence-electron chi connectivity index (χ3n) is 4.70. The summed E-state index contributed by atoms with van der Waals surface area (Å²) in [5.41, 5.74) is 2.02. The first-order valence-electron chi connectivity index (χ1n) is 9.53. The molecule has 0 aliphatic rings. The van der Waals surface area contributed by atoms with Gasteiger partial charge < -0.3 is 9.84 Å². The van der Waals surface area contributed by atoms with Crippen molar-refractivity contribution in [1.82, 2.24) is 20.0 Å². The summed E-state index contributed by atoms with van der Waals surface area (Å²) in [5, 5.41) is 7.62. The average Bonchev–Trinajstić information content (AvgIpc) is 3.19. The lowest BCUT2D eigenvalue weighted by Gasteiger charge is -2.07. The van der Waals surface area contributed by atoms with Crippen LogP contribution in [0.1, 0.15) is 12.0 Å². The molecule has 0 bridgehead atoms. The molecule has 1 N–H and O–H groups in total. The lowest BCUT2D eigenvalue weighted by Crippen LogP contribution is -2.33. The normalized spacial score (nSPS) is 11.0. The van der Waals surface area contributed by atoms with Crippen molar-refractivity contribution in [3.63, 3.8) is 0 Å². The number of halogens is 1. The van der Waals surface area contributed by atoms with Crippen LogP contribution in [0.2, 0.25) is 5.02 Å². The van der Waals surface area contributed by atoms with Crippen molar-refractivity contribution in [2.75, 3.05) is 6.54 Å². The highest BCUT2D eigenvalue weighted by molar-refractivity contribution is 6.30. The van der Waals surface area contributed by atoms with Gasteiger partial charge in [-0.15, -0.1) is 0 Å². The lowest BCUT2D eigenvalue weighted by atomic mass is 10.1.